The van der Waals surface area contributed by atoms with Gasteiger partial charge in [0.05, 0.1) is 5.56 Å². The Morgan fingerprint density at radius 2 is 2.06 bits per heavy atom. The summed E-state index contributed by atoms with van der Waals surface area (Å²) in [5, 5.41) is 8.88. The molecule has 0 saturated heterocycles. The summed E-state index contributed by atoms with van der Waals surface area (Å²) in [6.45, 7) is -0.153. The predicted octanol–water partition coefficient (Wildman–Crippen LogP) is 2.77. The Kier molecular flexibility index (Phi) is 5.48. The molecule has 0 bridgehead atoms. The normalized spacial score (nSPS) is 11.4. The summed E-state index contributed by atoms with van der Waals surface area (Å²) < 4.78 is 35.4. The minimum atomic E-state index is -4.32. The second-order valence-electron chi connectivity index (χ2n) is 2.92. The van der Waals surface area contributed by atoms with E-state index in [1.807, 2.05) is 0 Å². The number of amides is 1. The summed E-state index contributed by atoms with van der Waals surface area (Å²) in [5.41, 5.74) is -4.35. The van der Waals surface area contributed by atoms with Crippen LogP contribution in [0.3, 0.4) is 0 Å². The van der Waals surface area contributed by atoms with Crippen molar-refractivity contribution in [2.24, 2.45) is 0 Å². The first-order chi connectivity index (χ1) is 8.29. The van der Waals surface area contributed by atoms with Crippen molar-refractivity contribution in [2.45, 2.75) is 5.51 Å². The lowest BCUT2D eigenvalue weighted by Crippen LogP contribution is -2.27. The zero-order chi connectivity index (χ0) is 13.8. The van der Waals surface area contributed by atoms with Crippen molar-refractivity contribution < 1.29 is 18.0 Å². The number of thioether (sulfide) groups is 1. The number of carbonyl (C=O) groups excluding carboxylic acids is 1. The van der Waals surface area contributed by atoms with Gasteiger partial charge in [-0.15, -0.1) is 10.2 Å². The van der Waals surface area contributed by atoms with Crippen LogP contribution in [0.2, 0.25) is 10.3 Å². The maximum atomic E-state index is 11.8. The van der Waals surface area contributed by atoms with E-state index >= 15 is 0 Å². The molecule has 0 radical (unpaired) electrons. The number of rotatable bonds is 4. The lowest BCUT2D eigenvalue weighted by Gasteiger charge is -2.07. The van der Waals surface area contributed by atoms with Gasteiger partial charge in [0.25, 0.3) is 5.91 Å². The van der Waals surface area contributed by atoms with Crippen molar-refractivity contribution in [3.63, 3.8) is 0 Å². The number of carbonyl (C=O) groups is 1. The van der Waals surface area contributed by atoms with Gasteiger partial charge in [0.15, 0.2) is 10.3 Å². The maximum Gasteiger partial charge on any atom is 0.441 e. The van der Waals surface area contributed by atoms with Crippen molar-refractivity contribution in [2.75, 3.05) is 12.3 Å². The molecule has 0 fully saturated rings. The highest BCUT2D eigenvalue weighted by molar-refractivity contribution is 8.00. The first kappa shape index (κ1) is 15.3. The van der Waals surface area contributed by atoms with E-state index in [0.717, 1.165) is 0 Å². The van der Waals surface area contributed by atoms with E-state index in [1.165, 1.54) is 6.07 Å². The summed E-state index contributed by atoms with van der Waals surface area (Å²) in [7, 11) is 0. The van der Waals surface area contributed by atoms with Crippen LogP contribution in [-0.4, -0.2) is 33.9 Å². The van der Waals surface area contributed by atoms with Crippen molar-refractivity contribution in [1.82, 2.24) is 15.5 Å². The van der Waals surface area contributed by atoms with Gasteiger partial charge in [-0.05, 0) is 17.8 Å². The quantitative estimate of drug-likeness (QED) is 0.867. The van der Waals surface area contributed by atoms with Gasteiger partial charge in [-0.3, -0.25) is 4.79 Å². The number of halogens is 5. The molecule has 1 aromatic rings. The molecule has 1 heterocycles. The molecule has 1 N–H and O–H groups in total. The molecule has 100 valence electrons. The summed E-state index contributed by atoms with van der Waals surface area (Å²) >= 11 is 10.9. The van der Waals surface area contributed by atoms with Gasteiger partial charge < -0.3 is 5.32 Å². The Morgan fingerprint density at radius 3 is 2.67 bits per heavy atom. The molecular weight excluding hydrogens is 314 g/mol. The highest BCUT2D eigenvalue weighted by Gasteiger charge is 2.27. The van der Waals surface area contributed by atoms with Crippen LogP contribution in [0.15, 0.2) is 6.07 Å². The predicted molar refractivity (Wildman–Crippen MR) is 62.9 cm³/mol. The van der Waals surface area contributed by atoms with Gasteiger partial charge >= 0.3 is 5.51 Å². The van der Waals surface area contributed by atoms with Gasteiger partial charge in [0.1, 0.15) is 0 Å². The van der Waals surface area contributed by atoms with Crippen LogP contribution in [0, 0.1) is 0 Å². The van der Waals surface area contributed by atoms with E-state index in [1.54, 1.807) is 0 Å². The maximum absolute atomic E-state index is 11.8. The van der Waals surface area contributed by atoms with Crippen LogP contribution in [0.25, 0.3) is 0 Å². The molecule has 0 aliphatic carbocycles. The first-order valence-electron chi connectivity index (χ1n) is 4.47. The van der Waals surface area contributed by atoms with Crippen molar-refractivity contribution >= 4 is 40.9 Å². The summed E-state index contributed by atoms with van der Waals surface area (Å²) in [4.78, 5) is 11.5. The fourth-order valence-corrected chi connectivity index (χ4v) is 1.70. The SMILES string of the molecule is O=C(NCCSC(F)(F)F)c1cc(Cl)nnc1Cl. The highest BCUT2D eigenvalue weighted by atomic mass is 35.5. The summed E-state index contributed by atoms with van der Waals surface area (Å²) in [5.74, 6) is -0.946. The third kappa shape index (κ3) is 5.28. The van der Waals surface area contributed by atoms with E-state index in [2.05, 4.69) is 15.5 Å². The van der Waals surface area contributed by atoms with Crippen LogP contribution in [-0.2, 0) is 0 Å². The zero-order valence-corrected chi connectivity index (χ0v) is 10.9. The Bertz CT molecular complexity index is 444. The monoisotopic (exact) mass is 319 g/mol. The van der Waals surface area contributed by atoms with Crippen LogP contribution in [0.5, 0.6) is 0 Å². The Balaban J connectivity index is 2.48. The fraction of sp³-hybridized carbons (Fsp3) is 0.375. The molecule has 0 aromatic carbocycles. The third-order valence-electron chi connectivity index (χ3n) is 1.62. The Hall–Kier alpha value is -0.730. The summed E-state index contributed by atoms with van der Waals surface area (Å²) in [6.07, 6.45) is 0. The molecule has 1 aromatic heterocycles. The largest absolute Gasteiger partial charge is 0.441 e. The van der Waals surface area contributed by atoms with Crippen LogP contribution in [0.4, 0.5) is 13.2 Å². The number of hydrogen-bond donors (Lipinski definition) is 1. The minimum Gasteiger partial charge on any atom is -0.351 e. The topological polar surface area (TPSA) is 54.9 Å². The first-order valence-corrected chi connectivity index (χ1v) is 6.21. The molecule has 0 saturated carbocycles. The minimum absolute atomic E-state index is 0.0331. The van der Waals surface area contributed by atoms with Gasteiger partial charge in [0, 0.05) is 12.3 Å². The van der Waals surface area contributed by atoms with Crippen LogP contribution in [0.1, 0.15) is 10.4 Å². The van der Waals surface area contributed by atoms with E-state index in [-0.39, 0.29) is 39.9 Å². The van der Waals surface area contributed by atoms with E-state index in [9.17, 15) is 18.0 Å². The lowest BCUT2D eigenvalue weighted by atomic mass is 10.3. The lowest BCUT2D eigenvalue weighted by molar-refractivity contribution is -0.0327. The molecule has 10 heteroatoms. The number of nitrogens with one attached hydrogen (secondary N) is 1. The van der Waals surface area contributed by atoms with E-state index < -0.39 is 11.4 Å². The Morgan fingerprint density at radius 1 is 1.39 bits per heavy atom. The van der Waals surface area contributed by atoms with Gasteiger partial charge in [-0.1, -0.05) is 23.2 Å². The molecule has 18 heavy (non-hydrogen) atoms. The molecule has 0 aliphatic rings. The second kappa shape index (κ2) is 6.44. The molecule has 0 spiro atoms. The number of aromatic nitrogens is 2. The van der Waals surface area contributed by atoms with Crippen molar-refractivity contribution in [3.8, 4) is 0 Å². The second-order valence-corrected chi connectivity index (χ2v) is 4.83. The fourth-order valence-electron chi connectivity index (χ4n) is 0.939. The molecule has 4 nitrogen and oxygen atoms in total. The number of nitrogens with zero attached hydrogens (tertiary/aromatic N) is 2. The van der Waals surface area contributed by atoms with Crippen molar-refractivity contribution in [3.05, 3.63) is 21.9 Å². The van der Waals surface area contributed by atoms with Crippen LogP contribution < -0.4 is 5.32 Å². The average Bonchev–Trinajstić information content (AvgIpc) is 2.26. The number of alkyl halides is 3. The smallest absolute Gasteiger partial charge is 0.351 e. The average molecular weight is 320 g/mol. The standard InChI is InChI=1S/C8H6Cl2F3N3OS/c9-5-3-4(6(10)16-15-5)7(17)14-1-2-18-8(11,12)13/h3H,1-2H2,(H,14,17). The molecule has 1 rings (SSSR count). The molecule has 0 atom stereocenters. The highest BCUT2D eigenvalue weighted by Crippen LogP contribution is 2.29. The van der Waals surface area contributed by atoms with E-state index in [4.69, 9.17) is 23.2 Å². The van der Waals surface area contributed by atoms with Gasteiger partial charge in [-0.25, -0.2) is 0 Å². The Labute approximate surface area is 114 Å². The van der Waals surface area contributed by atoms with E-state index in [0.29, 0.717) is 0 Å². The van der Waals surface area contributed by atoms with Gasteiger partial charge in [0.2, 0.25) is 0 Å². The molecule has 0 unspecified atom stereocenters. The third-order valence-corrected chi connectivity index (χ3v) is 2.82. The van der Waals surface area contributed by atoms with Gasteiger partial charge in [-0.2, -0.15) is 13.2 Å². The molecule has 0 aliphatic heterocycles. The molecule has 1 amide bonds. The number of hydrogen-bond acceptors (Lipinski definition) is 4. The zero-order valence-electron chi connectivity index (χ0n) is 8.59. The van der Waals surface area contributed by atoms with Crippen LogP contribution >= 0.6 is 35.0 Å². The van der Waals surface area contributed by atoms with Crippen molar-refractivity contribution in [1.29, 1.82) is 0 Å². The summed E-state index contributed by atoms with van der Waals surface area (Å²) in [6, 6.07) is 1.18. The molecular formula is C8H6Cl2F3N3OS.